The summed E-state index contributed by atoms with van der Waals surface area (Å²) in [7, 11) is -3.60. The van der Waals surface area contributed by atoms with Gasteiger partial charge in [-0.15, -0.1) is 0 Å². The van der Waals surface area contributed by atoms with Crippen molar-refractivity contribution in [1.82, 2.24) is 19.2 Å². The van der Waals surface area contributed by atoms with Gasteiger partial charge < -0.3 is 14.6 Å². The van der Waals surface area contributed by atoms with Crippen molar-refractivity contribution < 1.29 is 17.9 Å². The maximum absolute atomic E-state index is 13.1. The molecule has 0 saturated carbocycles. The normalized spacial score (nSPS) is 15.8. The molecule has 1 aromatic heterocycles. The van der Waals surface area contributed by atoms with E-state index in [1.54, 1.807) is 12.1 Å². The lowest BCUT2D eigenvalue weighted by Crippen LogP contribution is -2.40. The van der Waals surface area contributed by atoms with E-state index in [1.165, 1.54) is 4.31 Å². The van der Waals surface area contributed by atoms with Crippen LogP contribution in [0.5, 0.6) is 0 Å². The molecular formula is C26H34N4O4S. The van der Waals surface area contributed by atoms with Crippen LogP contribution in [0.3, 0.4) is 0 Å². The fraction of sp³-hybridized carbons (Fsp3) is 0.462. The highest BCUT2D eigenvalue weighted by molar-refractivity contribution is 7.89. The quantitative estimate of drug-likeness (QED) is 0.460. The molecule has 1 aliphatic heterocycles. The van der Waals surface area contributed by atoms with Gasteiger partial charge in [0, 0.05) is 32.5 Å². The first-order valence-electron chi connectivity index (χ1n) is 12.3. The number of fused-ring (bicyclic) bond motifs is 1. The lowest BCUT2D eigenvalue weighted by molar-refractivity contribution is -0.121. The van der Waals surface area contributed by atoms with Crippen molar-refractivity contribution in [3.8, 4) is 0 Å². The molecule has 188 valence electrons. The van der Waals surface area contributed by atoms with Crippen molar-refractivity contribution in [1.29, 1.82) is 0 Å². The van der Waals surface area contributed by atoms with Crippen LogP contribution < -0.4 is 5.32 Å². The van der Waals surface area contributed by atoms with Gasteiger partial charge in [0.25, 0.3) is 0 Å². The molecule has 1 aliphatic rings. The lowest BCUT2D eigenvalue weighted by atomic mass is 10.1. The Morgan fingerprint density at radius 3 is 2.60 bits per heavy atom. The summed E-state index contributed by atoms with van der Waals surface area (Å²) in [6, 6.07) is 15.0. The molecule has 0 bridgehead atoms. The van der Waals surface area contributed by atoms with Crippen LogP contribution in [-0.4, -0.2) is 54.5 Å². The maximum atomic E-state index is 13.1. The van der Waals surface area contributed by atoms with Gasteiger partial charge >= 0.3 is 0 Å². The molecule has 2 heterocycles. The van der Waals surface area contributed by atoms with E-state index in [9.17, 15) is 13.2 Å². The minimum Gasteiger partial charge on any atom is -0.379 e. The van der Waals surface area contributed by atoms with Crippen LogP contribution in [-0.2, 0) is 32.5 Å². The SMILES string of the molecule is CCCCn1c(CCC(=O)NC(C)c2ccccc2)nc2cc(S(=O)(=O)N3CCOCC3)ccc21. The van der Waals surface area contributed by atoms with Gasteiger partial charge in [0.05, 0.1) is 35.2 Å². The Kier molecular flexibility index (Phi) is 8.20. The molecule has 8 nitrogen and oxygen atoms in total. The third-order valence-corrected chi connectivity index (χ3v) is 8.29. The molecule has 0 aliphatic carbocycles. The molecule has 1 atom stereocenters. The Balaban J connectivity index is 1.53. The molecule has 1 amide bonds. The number of aryl methyl sites for hydroxylation is 2. The Hall–Kier alpha value is -2.75. The average molecular weight is 499 g/mol. The standard InChI is InChI=1S/C26H34N4O4S/c1-3-4-14-30-24-11-10-22(35(32,33)29-15-17-34-18-16-29)19-23(24)28-25(30)12-13-26(31)27-20(2)21-8-6-5-7-9-21/h5-11,19-20H,3-4,12-18H2,1-2H3,(H,27,31). The minimum atomic E-state index is -3.60. The molecule has 1 N–H and O–H groups in total. The number of nitrogens with one attached hydrogen (secondary N) is 1. The first-order chi connectivity index (χ1) is 16.9. The first-order valence-corrected chi connectivity index (χ1v) is 13.8. The number of ether oxygens (including phenoxy) is 1. The molecule has 35 heavy (non-hydrogen) atoms. The number of unbranched alkanes of at least 4 members (excludes halogenated alkanes) is 1. The smallest absolute Gasteiger partial charge is 0.243 e. The third-order valence-electron chi connectivity index (χ3n) is 6.39. The summed E-state index contributed by atoms with van der Waals surface area (Å²) in [5.74, 6) is 0.767. The number of morpholine rings is 1. The molecule has 0 radical (unpaired) electrons. The van der Waals surface area contributed by atoms with Gasteiger partial charge in [-0.05, 0) is 37.1 Å². The van der Waals surface area contributed by atoms with Crippen LogP contribution in [0.15, 0.2) is 53.4 Å². The summed E-state index contributed by atoms with van der Waals surface area (Å²) in [6.07, 6.45) is 2.80. The van der Waals surface area contributed by atoms with Crippen LogP contribution in [0.4, 0.5) is 0 Å². The van der Waals surface area contributed by atoms with E-state index < -0.39 is 10.0 Å². The topological polar surface area (TPSA) is 93.5 Å². The van der Waals surface area contributed by atoms with E-state index in [0.29, 0.717) is 44.7 Å². The number of amides is 1. The number of benzene rings is 2. The molecule has 2 aromatic carbocycles. The molecule has 1 unspecified atom stereocenters. The van der Waals surface area contributed by atoms with E-state index in [2.05, 4.69) is 16.8 Å². The van der Waals surface area contributed by atoms with Crippen LogP contribution >= 0.6 is 0 Å². The average Bonchev–Trinajstić information content (AvgIpc) is 3.23. The van der Waals surface area contributed by atoms with Gasteiger partial charge in [-0.1, -0.05) is 43.7 Å². The van der Waals surface area contributed by atoms with Gasteiger partial charge in [-0.25, -0.2) is 13.4 Å². The number of nitrogens with zero attached hydrogens (tertiary/aromatic N) is 3. The second kappa shape index (κ2) is 11.3. The van der Waals surface area contributed by atoms with Crippen molar-refractivity contribution in [2.45, 2.75) is 57.0 Å². The van der Waals surface area contributed by atoms with Crippen molar-refractivity contribution in [3.63, 3.8) is 0 Å². The summed E-state index contributed by atoms with van der Waals surface area (Å²) in [5.41, 5.74) is 2.60. The molecule has 3 aromatic rings. The van der Waals surface area contributed by atoms with Gasteiger partial charge in [-0.2, -0.15) is 4.31 Å². The van der Waals surface area contributed by atoms with Crippen LogP contribution in [0.1, 0.15) is 50.5 Å². The molecule has 4 rings (SSSR count). The van der Waals surface area contributed by atoms with Crippen molar-refractivity contribution >= 4 is 27.0 Å². The predicted octanol–water partition coefficient (Wildman–Crippen LogP) is 3.67. The predicted molar refractivity (Wildman–Crippen MR) is 136 cm³/mol. The van der Waals surface area contributed by atoms with Crippen molar-refractivity contribution in [3.05, 3.63) is 59.9 Å². The highest BCUT2D eigenvalue weighted by atomic mass is 32.2. The Labute approximate surface area is 207 Å². The summed E-state index contributed by atoms with van der Waals surface area (Å²) in [5, 5.41) is 3.06. The number of carbonyl (C=O) groups excluding carboxylic acids is 1. The van der Waals surface area contributed by atoms with E-state index >= 15 is 0 Å². The van der Waals surface area contributed by atoms with Crippen LogP contribution in [0.2, 0.25) is 0 Å². The highest BCUT2D eigenvalue weighted by Crippen LogP contribution is 2.25. The second-order valence-corrected chi connectivity index (χ2v) is 10.8. The molecule has 9 heteroatoms. The zero-order valence-electron chi connectivity index (χ0n) is 20.4. The van der Waals surface area contributed by atoms with Crippen molar-refractivity contribution in [2.24, 2.45) is 0 Å². The van der Waals surface area contributed by atoms with Gasteiger partial charge in [0.1, 0.15) is 5.82 Å². The van der Waals surface area contributed by atoms with Crippen LogP contribution in [0, 0.1) is 0 Å². The summed E-state index contributed by atoms with van der Waals surface area (Å²) in [4.78, 5) is 17.7. The highest BCUT2D eigenvalue weighted by Gasteiger charge is 2.27. The monoisotopic (exact) mass is 498 g/mol. The Morgan fingerprint density at radius 1 is 1.14 bits per heavy atom. The Bertz CT molecular complexity index is 1250. The first kappa shape index (κ1) is 25.3. The Morgan fingerprint density at radius 2 is 1.89 bits per heavy atom. The van der Waals surface area contributed by atoms with E-state index in [0.717, 1.165) is 36.3 Å². The van der Waals surface area contributed by atoms with Gasteiger partial charge in [0.15, 0.2) is 0 Å². The third kappa shape index (κ3) is 5.91. The second-order valence-electron chi connectivity index (χ2n) is 8.90. The fourth-order valence-corrected chi connectivity index (χ4v) is 5.81. The lowest BCUT2D eigenvalue weighted by Gasteiger charge is -2.26. The summed E-state index contributed by atoms with van der Waals surface area (Å²) < 4.78 is 35.1. The number of hydrogen-bond donors (Lipinski definition) is 1. The molecule has 1 saturated heterocycles. The fourth-order valence-electron chi connectivity index (χ4n) is 4.38. The number of carbonyl (C=O) groups is 1. The number of aromatic nitrogens is 2. The number of hydrogen-bond acceptors (Lipinski definition) is 5. The van der Waals surface area contributed by atoms with Gasteiger partial charge in [0.2, 0.25) is 15.9 Å². The molecule has 1 fully saturated rings. The van der Waals surface area contributed by atoms with E-state index in [4.69, 9.17) is 9.72 Å². The molecular weight excluding hydrogens is 464 g/mol. The number of sulfonamides is 1. The maximum Gasteiger partial charge on any atom is 0.243 e. The van der Waals surface area contributed by atoms with E-state index in [-0.39, 0.29) is 16.8 Å². The van der Waals surface area contributed by atoms with E-state index in [1.807, 2.05) is 43.3 Å². The number of rotatable bonds is 10. The summed E-state index contributed by atoms with van der Waals surface area (Å²) >= 11 is 0. The number of imidazole rings is 1. The largest absolute Gasteiger partial charge is 0.379 e. The zero-order valence-corrected chi connectivity index (χ0v) is 21.3. The van der Waals surface area contributed by atoms with Gasteiger partial charge in [-0.3, -0.25) is 4.79 Å². The summed E-state index contributed by atoms with van der Waals surface area (Å²) in [6.45, 7) is 6.40. The zero-order chi connectivity index (χ0) is 24.8. The van der Waals surface area contributed by atoms with Crippen LogP contribution in [0.25, 0.3) is 11.0 Å². The minimum absolute atomic E-state index is 0.0361. The van der Waals surface area contributed by atoms with Crippen molar-refractivity contribution in [2.75, 3.05) is 26.3 Å². The molecule has 0 spiro atoms.